The molecule has 0 spiro atoms. The summed E-state index contributed by atoms with van der Waals surface area (Å²) < 4.78 is 0. The van der Waals surface area contributed by atoms with E-state index in [9.17, 15) is 0 Å². The molecule has 4 saturated carbocycles. The van der Waals surface area contributed by atoms with E-state index >= 15 is 0 Å². The fourth-order valence-corrected chi connectivity index (χ4v) is 5.58. The van der Waals surface area contributed by atoms with Gasteiger partial charge in [-0.05, 0) is 62.2 Å². The number of nitrogens with zero attached hydrogens (tertiary/aromatic N) is 1. The summed E-state index contributed by atoms with van der Waals surface area (Å²) in [5, 5.41) is 0. The first kappa shape index (κ1) is 9.90. The van der Waals surface area contributed by atoms with E-state index in [1.165, 1.54) is 19.5 Å². The Hall–Kier alpha value is -0.0800. The van der Waals surface area contributed by atoms with Gasteiger partial charge in [-0.2, -0.15) is 0 Å². The maximum absolute atomic E-state index is 6.08. The number of likely N-dealkylation sites (tertiary alicyclic amines) is 1. The van der Waals surface area contributed by atoms with Crippen molar-refractivity contribution in [2.45, 2.75) is 50.6 Å². The second-order valence-corrected chi connectivity index (χ2v) is 6.97. The maximum Gasteiger partial charge on any atom is 0.0180 e. The Labute approximate surface area is 98.6 Å². The second kappa shape index (κ2) is 3.46. The van der Waals surface area contributed by atoms with Crippen LogP contribution in [0.25, 0.3) is 0 Å². The van der Waals surface area contributed by atoms with Crippen molar-refractivity contribution < 1.29 is 0 Å². The van der Waals surface area contributed by atoms with Gasteiger partial charge in [0.2, 0.25) is 0 Å². The van der Waals surface area contributed by atoms with Crippen molar-refractivity contribution in [1.29, 1.82) is 0 Å². The van der Waals surface area contributed by atoms with Gasteiger partial charge in [-0.15, -0.1) is 0 Å². The van der Waals surface area contributed by atoms with E-state index in [-0.39, 0.29) is 0 Å². The van der Waals surface area contributed by atoms with Crippen LogP contribution in [0.3, 0.4) is 0 Å². The summed E-state index contributed by atoms with van der Waals surface area (Å²) in [5.41, 5.74) is 6.08. The van der Waals surface area contributed by atoms with E-state index in [2.05, 4.69) is 4.90 Å². The van der Waals surface area contributed by atoms with Crippen LogP contribution in [0.4, 0.5) is 0 Å². The lowest BCUT2D eigenvalue weighted by Crippen LogP contribution is -2.55. The van der Waals surface area contributed by atoms with E-state index in [1.54, 1.807) is 32.1 Å². The first-order chi connectivity index (χ1) is 7.79. The number of hydrogen-bond donors (Lipinski definition) is 1. The summed E-state index contributed by atoms with van der Waals surface area (Å²) in [5.74, 6) is 4.30. The first-order valence-electron chi connectivity index (χ1n) is 7.29. The number of hydrogen-bond acceptors (Lipinski definition) is 2. The van der Waals surface area contributed by atoms with Gasteiger partial charge in [0.25, 0.3) is 0 Å². The molecule has 0 aromatic heterocycles. The lowest BCUT2D eigenvalue weighted by Gasteiger charge is -2.56. The monoisotopic (exact) mass is 220 g/mol. The molecule has 2 heteroatoms. The predicted molar refractivity (Wildman–Crippen MR) is 65.0 cm³/mol. The Balaban J connectivity index is 1.56. The third-order valence-electron chi connectivity index (χ3n) is 5.85. The maximum atomic E-state index is 6.08. The van der Waals surface area contributed by atoms with Gasteiger partial charge in [0.05, 0.1) is 0 Å². The first-order valence-corrected chi connectivity index (χ1v) is 7.29. The normalized spacial score (nSPS) is 56.1. The lowest BCUT2D eigenvalue weighted by molar-refractivity contribution is -0.0585. The van der Waals surface area contributed by atoms with Crippen LogP contribution >= 0.6 is 0 Å². The van der Waals surface area contributed by atoms with Crippen LogP contribution < -0.4 is 5.73 Å². The molecule has 5 rings (SSSR count). The Bertz CT molecular complexity index is 258. The fraction of sp³-hybridized carbons (Fsp3) is 1.00. The summed E-state index contributed by atoms with van der Waals surface area (Å²) >= 11 is 0. The van der Waals surface area contributed by atoms with E-state index in [4.69, 9.17) is 5.73 Å². The van der Waals surface area contributed by atoms with Gasteiger partial charge in [-0.3, -0.25) is 4.90 Å². The molecule has 5 aliphatic rings. The molecule has 4 aliphatic carbocycles. The standard InChI is InChI=1S/C14H24N2/c15-13-1-2-16(8-13)14-11-4-9-3-10(6-11)7-12(14)5-9/h9-14H,1-8,15H2/t9?,10?,11?,12?,13-,14?/m0/s1. The zero-order valence-corrected chi connectivity index (χ0v) is 10.1. The van der Waals surface area contributed by atoms with Crippen molar-refractivity contribution in [2.24, 2.45) is 29.4 Å². The molecule has 5 fully saturated rings. The smallest absolute Gasteiger partial charge is 0.0180 e. The van der Waals surface area contributed by atoms with Gasteiger partial charge in [-0.25, -0.2) is 0 Å². The SMILES string of the molecule is N[C@H]1CCN(C2C3CC4CC(C3)CC2C4)C1. The summed E-state index contributed by atoms with van der Waals surface area (Å²) in [4.78, 5) is 2.76. The molecule has 0 aromatic rings. The van der Waals surface area contributed by atoms with Crippen molar-refractivity contribution in [1.82, 2.24) is 4.90 Å². The Morgan fingerprint density at radius 1 is 0.875 bits per heavy atom. The molecular weight excluding hydrogens is 196 g/mol. The number of rotatable bonds is 1. The van der Waals surface area contributed by atoms with E-state index in [0.717, 1.165) is 29.7 Å². The highest BCUT2D eigenvalue weighted by atomic mass is 15.2. The van der Waals surface area contributed by atoms with Crippen molar-refractivity contribution in [3.8, 4) is 0 Å². The third kappa shape index (κ3) is 1.39. The lowest BCUT2D eigenvalue weighted by atomic mass is 9.54. The molecule has 16 heavy (non-hydrogen) atoms. The average Bonchev–Trinajstić information content (AvgIpc) is 2.63. The van der Waals surface area contributed by atoms with Crippen LogP contribution in [0.2, 0.25) is 0 Å². The van der Waals surface area contributed by atoms with Gasteiger partial charge in [0.15, 0.2) is 0 Å². The highest BCUT2D eigenvalue weighted by Gasteiger charge is 2.50. The molecule has 2 nitrogen and oxygen atoms in total. The minimum Gasteiger partial charge on any atom is -0.326 e. The van der Waals surface area contributed by atoms with Crippen molar-refractivity contribution in [3.05, 3.63) is 0 Å². The highest BCUT2D eigenvalue weighted by Crippen LogP contribution is 2.55. The van der Waals surface area contributed by atoms with Gasteiger partial charge in [-0.1, -0.05) is 0 Å². The number of nitrogens with two attached hydrogens (primary N) is 1. The molecule has 2 N–H and O–H groups in total. The van der Waals surface area contributed by atoms with Crippen LogP contribution in [-0.4, -0.2) is 30.1 Å². The minimum absolute atomic E-state index is 0.470. The minimum atomic E-state index is 0.470. The molecular formula is C14H24N2. The summed E-state index contributed by atoms with van der Waals surface area (Å²) in [6.45, 7) is 2.47. The van der Waals surface area contributed by atoms with Crippen molar-refractivity contribution in [3.63, 3.8) is 0 Å². The third-order valence-corrected chi connectivity index (χ3v) is 5.85. The summed E-state index contributed by atoms with van der Waals surface area (Å²) in [6, 6.07) is 1.40. The quantitative estimate of drug-likeness (QED) is 0.730. The molecule has 90 valence electrons. The van der Waals surface area contributed by atoms with Crippen LogP contribution in [-0.2, 0) is 0 Å². The zero-order valence-electron chi connectivity index (χ0n) is 10.1. The summed E-state index contributed by atoms with van der Waals surface area (Å²) in [6.07, 6.45) is 8.99. The molecule has 0 radical (unpaired) electrons. The van der Waals surface area contributed by atoms with Crippen LogP contribution in [0.15, 0.2) is 0 Å². The van der Waals surface area contributed by atoms with E-state index in [1.807, 2.05) is 0 Å². The molecule has 4 bridgehead atoms. The topological polar surface area (TPSA) is 29.3 Å². The zero-order chi connectivity index (χ0) is 10.7. The van der Waals surface area contributed by atoms with E-state index < -0.39 is 0 Å². The van der Waals surface area contributed by atoms with Crippen LogP contribution in [0, 0.1) is 23.7 Å². The average molecular weight is 220 g/mol. The highest BCUT2D eigenvalue weighted by molar-refractivity contribution is 5.03. The summed E-state index contributed by atoms with van der Waals surface area (Å²) in [7, 11) is 0. The fourth-order valence-electron chi connectivity index (χ4n) is 5.58. The Kier molecular flexibility index (Phi) is 2.14. The molecule has 1 saturated heterocycles. The Morgan fingerprint density at radius 2 is 1.50 bits per heavy atom. The van der Waals surface area contributed by atoms with Gasteiger partial charge in [0.1, 0.15) is 0 Å². The van der Waals surface area contributed by atoms with Crippen molar-refractivity contribution in [2.75, 3.05) is 13.1 Å². The molecule has 1 aliphatic heterocycles. The largest absolute Gasteiger partial charge is 0.326 e. The molecule has 1 heterocycles. The van der Waals surface area contributed by atoms with Crippen LogP contribution in [0.5, 0.6) is 0 Å². The van der Waals surface area contributed by atoms with Crippen molar-refractivity contribution >= 4 is 0 Å². The van der Waals surface area contributed by atoms with Gasteiger partial charge >= 0.3 is 0 Å². The molecule has 1 atom stereocenters. The van der Waals surface area contributed by atoms with E-state index in [0.29, 0.717) is 6.04 Å². The van der Waals surface area contributed by atoms with Gasteiger partial charge in [0, 0.05) is 25.2 Å². The van der Waals surface area contributed by atoms with Gasteiger partial charge < -0.3 is 5.73 Å². The molecule has 0 amide bonds. The molecule has 0 aromatic carbocycles. The Morgan fingerprint density at radius 3 is 2.00 bits per heavy atom. The van der Waals surface area contributed by atoms with Crippen LogP contribution in [0.1, 0.15) is 38.5 Å². The molecule has 0 unspecified atom stereocenters. The predicted octanol–water partition coefficient (Wildman–Crippen LogP) is 1.84. The second-order valence-electron chi connectivity index (χ2n) is 6.97.